The molecular weight excluding hydrogens is 389 g/mol. The van der Waals surface area contributed by atoms with Crippen molar-refractivity contribution in [3.63, 3.8) is 0 Å². The number of hydrogen-bond acceptors (Lipinski definition) is 4. The largest absolute Gasteiger partial charge is 0.362 e. The van der Waals surface area contributed by atoms with Crippen LogP contribution >= 0.6 is 23.2 Å². The molecule has 1 aliphatic rings. The van der Waals surface area contributed by atoms with Crippen LogP contribution in [-0.2, 0) is 4.79 Å². The highest BCUT2D eigenvalue weighted by molar-refractivity contribution is 6.42. The molecule has 0 bridgehead atoms. The van der Waals surface area contributed by atoms with Crippen molar-refractivity contribution in [2.24, 2.45) is 0 Å². The van der Waals surface area contributed by atoms with Crippen molar-refractivity contribution in [2.45, 2.75) is 0 Å². The Morgan fingerprint density at radius 3 is 2.41 bits per heavy atom. The topological polar surface area (TPSA) is 66.7 Å². The molecule has 0 atom stereocenters. The number of carbonyl (C=O) groups excluding carboxylic acids is 1. The molecule has 1 heterocycles. The Morgan fingerprint density at radius 2 is 1.74 bits per heavy atom. The number of nitro groups is 1. The number of halogens is 2. The predicted molar refractivity (Wildman–Crippen MR) is 107 cm³/mol. The molecule has 2 aromatic rings. The molecule has 0 aromatic heterocycles. The van der Waals surface area contributed by atoms with Gasteiger partial charge in [0.25, 0.3) is 5.69 Å². The van der Waals surface area contributed by atoms with E-state index in [2.05, 4.69) is 0 Å². The van der Waals surface area contributed by atoms with Crippen LogP contribution in [0, 0.1) is 10.1 Å². The number of hydrogen-bond donors (Lipinski definition) is 0. The summed E-state index contributed by atoms with van der Waals surface area (Å²) in [5, 5.41) is 12.1. The molecule has 1 amide bonds. The molecule has 6 nitrogen and oxygen atoms in total. The molecule has 1 aliphatic heterocycles. The zero-order valence-electron chi connectivity index (χ0n) is 14.3. The fraction of sp³-hybridized carbons (Fsp3) is 0.211. The summed E-state index contributed by atoms with van der Waals surface area (Å²) in [5.74, 6) is -0.108. The Labute approximate surface area is 166 Å². The third kappa shape index (κ3) is 4.59. The fourth-order valence-electron chi connectivity index (χ4n) is 2.94. The number of anilines is 1. The number of amides is 1. The molecule has 0 saturated carbocycles. The van der Waals surface area contributed by atoms with Crippen LogP contribution in [-0.4, -0.2) is 41.9 Å². The van der Waals surface area contributed by atoms with Crippen molar-refractivity contribution in [1.82, 2.24) is 4.90 Å². The van der Waals surface area contributed by atoms with Crippen LogP contribution in [0.4, 0.5) is 11.4 Å². The second kappa shape index (κ2) is 8.41. The molecule has 3 rings (SSSR count). The lowest BCUT2D eigenvalue weighted by Gasteiger charge is -2.35. The Balaban J connectivity index is 1.62. The third-order valence-electron chi connectivity index (χ3n) is 4.37. The summed E-state index contributed by atoms with van der Waals surface area (Å²) < 4.78 is 0. The first-order valence-electron chi connectivity index (χ1n) is 8.36. The summed E-state index contributed by atoms with van der Waals surface area (Å²) in [4.78, 5) is 26.9. The highest BCUT2D eigenvalue weighted by Crippen LogP contribution is 2.28. The van der Waals surface area contributed by atoms with Gasteiger partial charge in [-0.15, -0.1) is 0 Å². The summed E-state index contributed by atoms with van der Waals surface area (Å²) in [6.45, 7) is 2.07. The molecule has 8 heteroatoms. The van der Waals surface area contributed by atoms with E-state index in [1.54, 1.807) is 47.4 Å². The Bertz CT molecular complexity index is 894. The Kier molecular flexibility index (Phi) is 5.98. The van der Waals surface area contributed by atoms with Crippen molar-refractivity contribution < 1.29 is 9.72 Å². The normalized spacial score (nSPS) is 14.6. The summed E-state index contributed by atoms with van der Waals surface area (Å²) in [7, 11) is 0. The molecule has 27 heavy (non-hydrogen) atoms. The van der Waals surface area contributed by atoms with Gasteiger partial charge in [0.05, 0.1) is 15.0 Å². The smallest absolute Gasteiger partial charge is 0.292 e. The minimum Gasteiger partial charge on any atom is -0.362 e. The van der Waals surface area contributed by atoms with Gasteiger partial charge in [-0.3, -0.25) is 14.9 Å². The van der Waals surface area contributed by atoms with Gasteiger partial charge in [-0.25, -0.2) is 0 Å². The van der Waals surface area contributed by atoms with Gasteiger partial charge in [0, 0.05) is 38.3 Å². The third-order valence-corrected chi connectivity index (χ3v) is 5.11. The number of nitrogens with zero attached hydrogens (tertiary/aromatic N) is 3. The fourth-order valence-corrected chi connectivity index (χ4v) is 3.25. The van der Waals surface area contributed by atoms with E-state index in [0.29, 0.717) is 41.9 Å². The lowest BCUT2D eigenvalue weighted by Crippen LogP contribution is -2.48. The second-order valence-electron chi connectivity index (χ2n) is 6.07. The quantitative estimate of drug-likeness (QED) is 0.432. The zero-order valence-corrected chi connectivity index (χ0v) is 15.9. The van der Waals surface area contributed by atoms with Gasteiger partial charge in [-0.1, -0.05) is 41.4 Å². The lowest BCUT2D eigenvalue weighted by molar-refractivity contribution is -0.384. The lowest BCUT2D eigenvalue weighted by atomic mass is 10.2. The Hall–Kier alpha value is -2.57. The van der Waals surface area contributed by atoms with Crippen molar-refractivity contribution >= 4 is 46.6 Å². The van der Waals surface area contributed by atoms with Gasteiger partial charge in [0.1, 0.15) is 5.69 Å². The van der Waals surface area contributed by atoms with Crippen LogP contribution in [0.25, 0.3) is 6.08 Å². The average molecular weight is 406 g/mol. The number of nitro benzene ring substituents is 1. The van der Waals surface area contributed by atoms with E-state index in [1.807, 2.05) is 4.90 Å². The van der Waals surface area contributed by atoms with Crippen LogP contribution in [0.3, 0.4) is 0 Å². The molecule has 0 aliphatic carbocycles. The van der Waals surface area contributed by atoms with Gasteiger partial charge in [0.2, 0.25) is 5.91 Å². The molecule has 140 valence electrons. The number of carbonyl (C=O) groups is 1. The first-order valence-corrected chi connectivity index (χ1v) is 9.11. The molecule has 0 unspecified atom stereocenters. The highest BCUT2D eigenvalue weighted by Gasteiger charge is 2.24. The SMILES string of the molecule is O=C(/C=C/c1ccc(Cl)c(Cl)c1)N1CCN(c2ccccc2[N+](=O)[O-])CC1. The van der Waals surface area contributed by atoms with Gasteiger partial charge < -0.3 is 9.80 Å². The predicted octanol–water partition coefficient (Wildman–Crippen LogP) is 4.26. The van der Waals surface area contributed by atoms with E-state index < -0.39 is 0 Å². The van der Waals surface area contributed by atoms with Crippen LogP contribution in [0.1, 0.15) is 5.56 Å². The number of benzene rings is 2. The second-order valence-corrected chi connectivity index (χ2v) is 6.88. The zero-order chi connectivity index (χ0) is 19.4. The van der Waals surface area contributed by atoms with Crippen LogP contribution in [0.5, 0.6) is 0 Å². The minimum absolute atomic E-state index is 0.0804. The summed E-state index contributed by atoms with van der Waals surface area (Å²) in [6, 6.07) is 11.8. The molecular formula is C19H17Cl2N3O3. The standard InChI is InChI=1S/C19H17Cl2N3O3/c20-15-7-5-14(13-16(15)21)6-8-19(25)23-11-9-22(10-12-23)17-3-1-2-4-18(17)24(26)27/h1-8,13H,9-12H2/b8-6+. The molecule has 1 fully saturated rings. The van der Waals surface area contributed by atoms with Gasteiger partial charge >= 0.3 is 0 Å². The van der Waals surface area contributed by atoms with Crippen molar-refractivity contribution in [2.75, 3.05) is 31.1 Å². The van der Waals surface area contributed by atoms with E-state index in [1.165, 1.54) is 12.1 Å². The number of rotatable bonds is 4. The van der Waals surface area contributed by atoms with Crippen LogP contribution in [0.2, 0.25) is 10.0 Å². The maximum atomic E-state index is 12.4. The van der Waals surface area contributed by atoms with E-state index in [-0.39, 0.29) is 16.5 Å². The monoisotopic (exact) mass is 405 g/mol. The molecule has 0 radical (unpaired) electrons. The number of piperazine rings is 1. The van der Waals surface area contributed by atoms with Gasteiger partial charge in [-0.05, 0) is 29.8 Å². The Morgan fingerprint density at radius 1 is 1.04 bits per heavy atom. The molecule has 1 saturated heterocycles. The van der Waals surface area contributed by atoms with E-state index in [9.17, 15) is 14.9 Å². The van der Waals surface area contributed by atoms with Gasteiger partial charge in [-0.2, -0.15) is 0 Å². The maximum Gasteiger partial charge on any atom is 0.292 e. The summed E-state index contributed by atoms with van der Waals surface area (Å²) in [5.41, 5.74) is 1.45. The molecule has 0 N–H and O–H groups in total. The minimum atomic E-state index is -0.382. The number of para-hydroxylation sites is 2. The first kappa shape index (κ1) is 19.2. The summed E-state index contributed by atoms with van der Waals surface area (Å²) in [6.07, 6.45) is 3.19. The first-order chi connectivity index (χ1) is 13.0. The van der Waals surface area contributed by atoms with Crippen molar-refractivity contribution in [3.05, 3.63) is 74.3 Å². The maximum absolute atomic E-state index is 12.4. The van der Waals surface area contributed by atoms with E-state index >= 15 is 0 Å². The van der Waals surface area contributed by atoms with Gasteiger partial charge in [0.15, 0.2) is 0 Å². The van der Waals surface area contributed by atoms with Crippen LogP contribution < -0.4 is 4.90 Å². The van der Waals surface area contributed by atoms with E-state index in [4.69, 9.17) is 23.2 Å². The average Bonchev–Trinajstić information content (AvgIpc) is 2.68. The van der Waals surface area contributed by atoms with E-state index in [0.717, 1.165) is 5.56 Å². The molecule has 0 spiro atoms. The highest BCUT2D eigenvalue weighted by atomic mass is 35.5. The summed E-state index contributed by atoms with van der Waals surface area (Å²) >= 11 is 11.9. The van der Waals surface area contributed by atoms with Crippen molar-refractivity contribution in [1.29, 1.82) is 0 Å². The van der Waals surface area contributed by atoms with Crippen molar-refractivity contribution in [3.8, 4) is 0 Å². The molecule has 2 aromatic carbocycles. The van der Waals surface area contributed by atoms with Crippen LogP contribution in [0.15, 0.2) is 48.5 Å².